The Morgan fingerprint density at radius 3 is 2.17 bits per heavy atom. The molecule has 1 aromatic heterocycles. The molecule has 1 aliphatic carbocycles. The summed E-state index contributed by atoms with van der Waals surface area (Å²) < 4.78 is 11.2. The van der Waals surface area contributed by atoms with Crippen LogP contribution in [0.1, 0.15) is 36.8 Å². The lowest BCUT2D eigenvalue weighted by atomic mass is 9.81. The third-order valence-corrected chi connectivity index (χ3v) is 6.21. The monoisotopic (exact) mass is 473 g/mol. The number of amides is 2. The van der Waals surface area contributed by atoms with E-state index in [4.69, 9.17) is 9.47 Å². The first kappa shape index (κ1) is 24.3. The highest BCUT2D eigenvalue weighted by atomic mass is 16.5. The zero-order valence-electron chi connectivity index (χ0n) is 19.7. The van der Waals surface area contributed by atoms with E-state index in [0.29, 0.717) is 30.6 Å². The summed E-state index contributed by atoms with van der Waals surface area (Å²) in [5.74, 6) is 1.21. The molecule has 1 aliphatic rings. The van der Waals surface area contributed by atoms with Crippen LogP contribution in [0.25, 0.3) is 0 Å². The number of nitrogens with one attached hydrogen (secondary N) is 2. The molecule has 0 saturated heterocycles. The summed E-state index contributed by atoms with van der Waals surface area (Å²) in [6.45, 7) is 1.21. The SMILES string of the molecule is O=C(NCC1CCC(C(=O)Nc2ncccc2OCc2ccccc2)CC1)OCc1ccccc1. The number of hydrogen-bond donors (Lipinski definition) is 2. The summed E-state index contributed by atoms with van der Waals surface area (Å²) in [6.07, 6.45) is 4.51. The lowest BCUT2D eigenvalue weighted by Crippen LogP contribution is -2.34. The quantitative estimate of drug-likeness (QED) is 0.438. The molecule has 0 bridgehead atoms. The van der Waals surface area contributed by atoms with Gasteiger partial charge >= 0.3 is 6.09 Å². The summed E-state index contributed by atoms with van der Waals surface area (Å²) in [5, 5.41) is 5.80. The maximum Gasteiger partial charge on any atom is 0.407 e. The highest BCUT2D eigenvalue weighted by Gasteiger charge is 2.27. The predicted molar refractivity (Wildman–Crippen MR) is 134 cm³/mol. The van der Waals surface area contributed by atoms with Crippen LogP contribution in [0.15, 0.2) is 79.0 Å². The minimum atomic E-state index is -0.410. The van der Waals surface area contributed by atoms with Gasteiger partial charge < -0.3 is 20.1 Å². The van der Waals surface area contributed by atoms with Crippen molar-refractivity contribution in [3.63, 3.8) is 0 Å². The number of carbonyl (C=O) groups excluding carboxylic acids is 2. The van der Waals surface area contributed by atoms with Crippen molar-refractivity contribution in [1.29, 1.82) is 0 Å². The van der Waals surface area contributed by atoms with Gasteiger partial charge in [-0.05, 0) is 54.9 Å². The first-order chi connectivity index (χ1) is 17.2. The minimum absolute atomic E-state index is 0.0399. The van der Waals surface area contributed by atoms with Gasteiger partial charge in [-0.25, -0.2) is 9.78 Å². The van der Waals surface area contributed by atoms with Crippen molar-refractivity contribution in [3.8, 4) is 5.75 Å². The second kappa shape index (κ2) is 12.6. The van der Waals surface area contributed by atoms with E-state index in [1.807, 2.05) is 66.7 Å². The Labute approximate surface area is 205 Å². The standard InChI is InChI=1S/C28H31N3O4/c32-27(31-26-25(12-7-17-29-26)34-19-22-8-3-1-4-9-22)24-15-13-21(14-16-24)18-30-28(33)35-20-23-10-5-2-6-11-23/h1-12,17,21,24H,13-16,18-20H2,(H,30,33)(H,29,31,32). The fourth-order valence-electron chi connectivity index (χ4n) is 4.19. The van der Waals surface area contributed by atoms with Gasteiger partial charge in [0.05, 0.1) is 0 Å². The Bertz CT molecular complexity index is 1080. The molecule has 0 aliphatic heterocycles. The van der Waals surface area contributed by atoms with E-state index in [9.17, 15) is 9.59 Å². The van der Waals surface area contributed by atoms with Crippen LogP contribution in [-0.2, 0) is 22.7 Å². The van der Waals surface area contributed by atoms with Gasteiger partial charge in [0, 0.05) is 18.7 Å². The van der Waals surface area contributed by atoms with Crippen molar-refractivity contribution in [2.24, 2.45) is 11.8 Å². The third kappa shape index (κ3) is 7.57. The summed E-state index contributed by atoms with van der Waals surface area (Å²) in [4.78, 5) is 29.2. The van der Waals surface area contributed by atoms with Crippen LogP contribution in [-0.4, -0.2) is 23.5 Å². The average molecular weight is 474 g/mol. The average Bonchev–Trinajstić information content (AvgIpc) is 2.91. The van der Waals surface area contributed by atoms with E-state index in [-0.39, 0.29) is 18.4 Å². The van der Waals surface area contributed by atoms with Crippen LogP contribution in [0, 0.1) is 11.8 Å². The van der Waals surface area contributed by atoms with Crippen molar-refractivity contribution < 1.29 is 19.1 Å². The fourth-order valence-corrected chi connectivity index (χ4v) is 4.19. The van der Waals surface area contributed by atoms with Gasteiger partial charge in [-0.2, -0.15) is 0 Å². The molecule has 7 heteroatoms. The molecule has 35 heavy (non-hydrogen) atoms. The van der Waals surface area contributed by atoms with Gasteiger partial charge in [0.1, 0.15) is 13.2 Å². The molecule has 1 fully saturated rings. The fraction of sp³-hybridized carbons (Fsp3) is 0.321. The number of pyridine rings is 1. The smallest absolute Gasteiger partial charge is 0.407 e. The van der Waals surface area contributed by atoms with Crippen LogP contribution in [0.3, 0.4) is 0 Å². The highest BCUT2D eigenvalue weighted by Crippen LogP contribution is 2.30. The number of anilines is 1. The highest BCUT2D eigenvalue weighted by molar-refractivity contribution is 5.92. The van der Waals surface area contributed by atoms with Crippen LogP contribution >= 0.6 is 0 Å². The molecular formula is C28H31N3O4. The molecule has 0 atom stereocenters. The van der Waals surface area contributed by atoms with Crippen molar-refractivity contribution in [2.45, 2.75) is 38.9 Å². The number of benzene rings is 2. The van der Waals surface area contributed by atoms with E-state index in [1.54, 1.807) is 12.3 Å². The molecule has 182 valence electrons. The Morgan fingerprint density at radius 2 is 1.49 bits per heavy atom. The molecule has 0 spiro atoms. The molecule has 1 saturated carbocycles. The second-order valence-corrected chi connectivity index (χ2v) is 8.77. The Hall–Kier alpha value is -3.87. The Kier molecular flexibility index (Phi) is 8.70. The van der Waals surface area contributed by atoms with Gasteiger partial charge in [0.15, 0.2) is 11.6 Å². The van der Waals surface area contributed by atoms with E-state index in [0.717, 1.165) is 36.8 Å². The second-order valence-electron chi connectivity index (χ2n) is 8.77. The van der Waals surface area contributed by atoms with E-state index in [1.165, 1.54) is 0 Å². The minimum Gasteiger partial charge on any atom is -0.485 e. The number of hydrogen-bond acceptors (Lipinski definition) is 5. The zero-order valence-corrected chi connectivity index (χ0v) is 19.7. The largest absolute Gasteiger partial charge is 0.485 e. The van der Waals surface area contributed by atoms with Crippen molar-refractivity contribution in [1.82, 2.24) is 10.3 Å². The Morgan fingerprint density at radius 1 is 0.829 bits per heavy atom. The third-order valence-electron chi connectivity index (χ3n) is 6.21. The molecule has 1 heterocycles. The molecule has 2 aromatic carbocycles. The number of ether oxygens (including phenoxy) is 2. The molecule has 0 unspecified atom stereocenters. The van der Waals surface area contributed by atoms with Crippen LogP contribution in [0.5, 0.6) is 5.75 Å². The molecular weight excluding hydrogens is 442 g/mol. The summed E-state index contributed by atoms with van der Waals surface area (Å²) in [5.41, 5.74) is 2.00. The van der Waals surface area contributed by atoms with Gasteiger partial charge in [0.2, 0.25) is 5.91 Å². The summed E-state index contributed by atoms with van der Waals surface area (Å²) >= 11 is 0. The van der Waals surface area contributed by atoms with Gasteiger partial charge in [-0.1, -0.05) is 60.7 Å². The van der Waals surface area contributed by atoms with E-state index >= 15 is 0 Å². The maximum absolute atomic E-state index is 12.9. The number of carbonyl (C=O) groups is 2. The molecule has 2 N–H and O–H groups in total. The van der Waals surface area contributed by atoms with Crippen LogP contribution < -0.4 is 15.4 Å². The first-order valence-electron chi connectivity index (χ1n) is 12.0. The lowest BCUT2D eigenvalue weighted by Gasteiger charge is -2.27. The number of rotatable bonds is 9. The molecule has 4 rings (SSSR count). The maximum atomic E-state index is 12.9. The van der Waals surface area contributed by atoms with Crippen molar-refractivity contribution in [2.75, 3.05) is 11.9 Å². The number of alkyl carbamates (subject to hydrolysis) is 1. The topological polar surface area (TPSA) is 89.6 Å². The number of aromatic nitrogens is 1. The van der Waals surface area contributed by atoms with Crippen LogP contribution in [0.2, 0.25) is 0 Å². The van der Waals surface area contributed by atoms with E-state index < -0.39 is 6.09 Å². The molecule has 0 radical (unpaired) electrons. The Balaban J connectivity index is 1.18. The van der Waals surface area contributed by atoms with Gasteiger partial charge in [0.25, 0.3) is 0 Å². The molecule has 7 nitrogen and oxygen atoms in total. The summed E-state index contributed by atoms with van der Waals surface area (Å²) in [6, 6.07) is 23.1. The van der Waals surface area contributed by atoms with Gasteiger partial charge in [-0.3, -0.25) is 4.79 Å². The lowest BCUT2D eigenvalue weighted by molar-refractivity contribution is -0.121. The van der Waals surface area contributed by atoms with Gasteiger partial charge in [-0.15, -0.1) is 0 Å². The zero-order chi connectivity index (χ0) is 24.3. The van der Waals surface area contributed by atoms with Crippen molar-refractivity contribution >= 4 is 17.8 Å². The first-order valence-corrected chi connectivity index (χ1v) is 12.0. The van der Waals surface area contributed by atoms with Crippen LogP contribution in [0.4, 0.5) is 10.6 Å². The number of nitrogens with zero attached hydrogens (tertiary/aromatic N) is 1. The predicted octanol–water partition coefficient (Wildman–Crippen LogP) is 5.33. The summed E-state index contributed by atoms with van der Waals surface area (Å²) in [7, 11) is 0. The molecule has 3 aromatic rings. The van der Waals surface area contributed by atoms with E-state index in [2.05, 4.69) is 15.6 Å². The molecule has 2 amide bonds. The normalized spacial score (nSPS) is 17.3. The van der Waals surface area contributed by atoms with Crippen molar-refractivity contribution in [3.05, 3.63) is 90.1 Å².